The quantitative estimate of drug-likeness (QED) is 0.842. The molecule has 1 heterocycles. The van der Waals surface area contributed by atoms with Crippen molar-refractivity contribution in [3.8, 4) is 0 Å². The molecule has 2 rings (SSSR count). The lowest BCUT2D eigenvalue weighted by Crippen LogP contribution is -2.19. The molecular formula is C14H16ClN3OS. The summed E-state index contributed by atoms with van der Waals surface area (Å²) in [6.45, 7) is 6.24. The molecule has 0 aliphatic rings. The van der Waals surface area contributed by atoms with E-state index in [9.17, 15) is 4.79 Å². The van der Waals surface area contributed by atoms with Crippen LogP contribution in [0, 0.1) is 0 Å². The minimum atomic E-state index is -0.331. The first-order valence-corrected chi connectivity index (χ1v) is 7.40. The first kappa shape index (κ1) is 14.8. The molecule has 1 aromatic carbocycles. The van der Waals surface area contributed by atoms with Gasteiger partial charge in [-0.1, -0.05) is 38.4 Å². The highest BCUT2D eigenvalue weighted by Gasteiger charge is 2.18. The van der Waals surface area contributed by atoms with E-state index in [0.29, 0.717) is 15.8 Å². The number of carbonyl (C=O) groups is 1. The van der Waals surface area contributed by atoms with Crippen LogP contribution in [-0.2, 0) is 5.41 Å². The van der Waals surface area contributed by atoms with Gasteiger partial charge in [-0.15, -0.1) is 11.3 Å². The maximum atomic E-state index is 11.9. The second-order valence-electron chi connectivity index (χ2n) is 5.38. The van der Waals surface area contributed by atoms with Crippen molar-refractivity contribution >= 4 is 39.8 Å². The molecule has 0 atom stereocenters. The molecule has 2 N–H and O–H groups in total. The van der Waals surface area contributed by atoms with E-state index in [-0.39, 0.29) is 11.4 Å². The Morgan fingerprint density at radius 2 is 2.05 bits per heavy atom. The molecule has 2 aromatic rings. The zero-order valence-corrected chi connectivity index (χ0v) is 13.1. The molecule has 0 unspecified atom stereocenters. The highest BCUT2D eigenvalue weighted by Crippen LogP contribution is 2.26. The lowest BCUT2D eigenvalue weighted by Gasteiger charge is -2.14. The molecule has 20 heavy (non-hydrogen) atoms. The fourth-order valence-corrected chi connectivity index (χ4v) is 2.62. The van der Waals surface area contributed by atoms with Gasteiger partial charge in [-0.3, -0.25) is 5.32 Å². The molecule has 2 amide bonds. The van der Waals surface area contributed by atoms with Crippen LogP contribution in [0.2, 0.25) is 5.02 Å². The lowest BCUT2D eigenvalue weighted by atomic mass is 9.93. The Morgan fingerprint density at radius 3 is 2.65 bits per heavy atom. The fourth-order valence-electron chi connectivity index (χ4n) is 1.50. The van der Waals surface area contributed by atoms with E-state index >= 15 is 0 Å². The summed E-state index contributed by atoms with van der Waals surface area (Å²) in [6, 6.07) is 6.65. The predicted molar refractivity (Wildman–Crippen MR) is 84.9 cm³/mol. The molecule has 4 nitrogen and oxygen atoms in total. The summed E-state index contributed by atoms with van der Waals surface area (Å²) >= 11 is 7.27. The largest absolute Gasteiger partial charge is 0.325 e. The second kappa shape index (κ2) is 5.81. The number of thiazole rings is 1. The van der Waals surface area contributed by atoms with Gasteiger partial charge < -0.3 is 5.32 Å². The van der Waals surface area contributed by atoms with E-state index < -0.39 is 0 Å². The number of amides is 2. The van der Waals surface area contributed by atoms with Crippen molar-refractivity contribution in [2.45, 2.75) is 26.2 Å². The smallest absolute Gasteiger partial charge is 0.308 e. The molecule has 0 spiro atoms. The van der Waals surface area contributed by atoms with E-state index in [2.05, 4.69) is 36.4 Å². The van der Waals surface area contributed by atoms with Crippen molar-refractivity contribution in [3.05, 3.63) is 40.4 Å². The van der Waals surface area contributed by atoms with Crippen LogP contribution in [0.3, 0.4) is 0 Å². The maximum absolute atomic E-state index is 11.9. The summed E-state index contributed by atoms with van der Waals surface area (Å²) in [4.78, 5) is 16.3. The molecule has 0 aliphatic heterocycles. The van der Waals surface area contributed by atoms with Crippen molar-refractivity contribution in [3.63, 3.8) is 0 Å². The summed E-state index contributed by atoms with van der Waals surface area (Å²) in [7, 11) is 0. The van der Waals surface area contributed by atoms with Crippen LogP contribution < -0.4 is 10.6 Å². The molecule has 0 radical (unpaired) electrons. The summed E-state index contributed by atoms with van der Waals surface area (Å²) in [6.07, 6.45) is 0. The van der Waals surface area contributed by atoms with Crippen LogP contribution in [-0.4, -0.2) is 11.0 Å². The summed E-state index contributed by atoms with van der Waals surface area (Å²) in [5.41, 5.74) is 1.57. The Hall–Kier alpha value is -1.59. The number of hydrogen-bond donors (Lipinski definition) is 2. The van der Waals surface area contributed by atoms with Gasteiger partial charge in [-0.05, 0) is 18.2 Å². The van der Waals surface area contributed by atoms with Crippen LogP contribution in [0.1, 0.15) is 26.5 Å². The number of hydrogen-bond acceptors (Lipinski definition) is 3. The Bertz CT molecular complexity index is 619. The van der Waals surface area contributed by atoms with Crippen molar-refractivity contribution < 1.29 is 4.79 Å². The summed E-state index contributed by atoms with van der Waals surface area (Å²) in [5, 5.41) is 8.54. The molecule has 0 saturated carbocycles. The number of nitrogens with zero attached hydrogens (tertiary/aromatic N) is 1. The van der Waals surface area contributed by atoms with Crippen LogP contribution in [0.25, 0.3) is 0 Å². The third kappa shape index (κ3) is 3.95. The third-order valence-corrected chi connectivity index (χ3v) is 3.57. The monoisotopic (exact) mass is 309 g/mol. The number of carbonyl (C=O) groups excluding carboxylic acids is 1. The molecule has 6 heteroatoms. The fraction of sp³-hybridized carbons (Fsp3) is 0.286. The zero-order valence-electron chi connectivity index (χ0n) is 11.5. The van der Waals surface area contributed by atoms with E-state index in [1.807, 2.05) is 5.38 Å². The van der Waals surface area contributed by atoms with E-state index in [4.69, 9.17) is 11.6 Å². The number of halogens is 1. The standard InChI is InChI=1S/C14H16ClN3OS/c1-14(2,3)11-8-20-13(17-11)18-12(19)16-10-6-4-5-9(15)7-10/h4-8H,1-3H3,(H2,16,17,18,19). The summed E-state index contributed by atoms with van der Waals surface area (Å²) in [5.74, 6) is 0. The predicted octanol–water partition coefficient (Wildman–Crippen LogP) is 4.74. The number of anilines is 2. The number of aromatic nitrogens is 1. The minimum absolute atomic E-state index is 0.0279. The van der Waals surface area contributed by atoms with Crippen LogP contribution in [0.5, 0.6) is 0 Å². The van der Waals surface area contributed by atoms with Crippen LogP contribution in [0.4, 0.5) is 15.6 Å². The van der Waals surface area contributed by atoms with E-state index in [1.54, 1.807) is 24.3 Å². The minimum Gasteiger partial charge on any atom is -0.308 e. The van der Waals surface area contributed by atoms with Gasteiger partial charge in [0.2, 0.25) is 0 Å². The van der Waals surface area contributed by atoms with E-state index in [0.717, 1.165) is 5.69 Å². The SMILES string of the molecule is CC(C)(C)c1csc(NC(=O)Nc2cccc(Cl)c2)n1. The van der Waals surface area contributed by atoms with Crippen molar-refractivity contribution in [1.29, 1.82) is 0 Å². The van der Waals surface area contributed by atoms with Gasteiger partial charge in [0.25, 0.3) is 0 Å². The normalized spacial score (nSPS) is 11.2. The number of rotatable bonds is 2. The van der Waals surface area contributed by atoms with Gasteiger partial charge in [-0.2, -0.15) is 0 Å². The highest BCUT2D eigenvalue weighted by atomic mass is 35.5. The topological polar surface area (TPSA) is 54.0 Å². The van der Waals surface area contributed by atoms with E-state index in [1.165, 1.54) is 11.3 Å². The third-order valence-electron chi connectivity index (χ3n) is 2.58. The summed E-state index contributed by atoms with van der Waals surface area (Å²) < 4.78 is 0. The first-order chi connectivity index (χ1) is 9.34. The van der Waals surface area contributed by atoms with Gasteiger partial charge in [0, 0.05) is 21.5 Å². The maximum Gasteiger partial charge on any atom is 0.325 e. The van der Waals surface area contributed by atoms with Gasteiger partial charge >= 0.3 is 6.03 Å². The number of urea groups is 1. The molecular weight excluding hydrogens is 294 g/mol. The van der Waals surface area contributed by atoms with Gasteiger partial charge in [0.1, 0.15) is 0 Å². The Balaban J connectivity index is 2.00. The van der Waals surface area contributed by atoms with Crippen molar-refractivity contribution in [1.82, 2.24) is 4.98 Å². The van der Waals surface area contributed by atoms with Crippen molar-refractivity contribution in [2.75, 3.05) is 10.6 Å². The van der Waals surface area contributed by atoms with Gasteiger partial charge in [0.15, 0.2) is 5.13 Å². The molecule has 1 aromatic heterocycles. The molecule has 0 bridgehead atoms. The molecule has 0 aliphatic carbocycles. The zero-order chi connectivity index (χ0) is 14.8. The Kier molecular flexibility index (Phi) is 4.30. The van der Waals surface area contributed by atoms with Gasteiger partial charge in [0.05, 0.1) is 5.69 Å². The second-order valence-corrected chi connectivity index (χ2v) is 6.67. The number of nitrogens with one attached hydrogen (secondary N) is 2. The average Bonchev–Trinajstić information content (AvgIpc) is 2.76. The molecule has 106 valence electrons. The Labute approximate surface area is 127 Å². The lowest BCUT2D eigenvalue weighted by molar-refractivity contribution is 0.262. The highest BCUT2D eigenvalue weighted by molar-refractivity contribution is 7.14. The average molecular weight is 310 g/mol. The first-order valence-electron chi connectivity index (χ1n) is 6.14. The van der Waals surface area contributed by atoms with Crippen LogP contribution in [0.15, 0.2) is 29.6 Å². The molecule has 0 saturated heterocycles. The van der Waals surface area contributed by atoms with Crippen molar-refractivity contribution in [2.24, 2.45) is 0 Å². The van der Waals surface area contributed by atoms with Crippen LogP contribution >= 0.6 is 22.9 Å². The molecule has 0 fully saturated rings. The number of benzene rings is 1. The Morgan fingerprint density at radius 1 is 1.30 bits per heavy atom. The van der Waals surface area contributed by atoms with Gasteiger partial charge in [-0.25, -0.2) is 9.78 Å².